The topological polar surface area (TPSA) is 68.4 Å². The molecule has 0 bridgehead atoms. The molecule has 1 aromatic rings. The van der Waals surface area contributed by atoms with E-state index in [2.05, 4.69) is 4.98 Å². The van der Waals surface area contributed by atoms with Crippen LogP contribution >= 0.6 is 11.3 Å². The van der Waals surface area contributed by atoms with Crippen molar-refractivity contribution in [2.24, 2.45) is 5.73 Å². The van der Waals surface area contributed by atoms with Gasteiger partial charge in [0.25, 0.3) is 5.19 Å². The summed E-state index contributed by atoms with van der Waals surface area (Å²) in [7, 11) is 1.57. The third-order valence-corrected chi connectivity index (χ3v) is 3.13. The Bertz CT molecular complexity index is 307. The molecule has 1 aliphatic rings. The van der Waals surface area contributed by atoms with Gasteiger partial charge in [0.15, 0.2) is 0 Å². The molecule has 4 nitrogen and oxygen atoms in total. The second kappa shape index (κ2) is 2.94. The van der Waals surface area contributed by atoms with Gasteiger partial charge in [0.1, 0.15) is 5.60 Å². The maximum absolute atomic E-state index is 9.97. The SMILES string of the molecule is COc1nc(C2(O)CC(N)C2)cs1. The molecule has 3 N–H and O–H groups in total. The Labute approximate surface area is 80.4 Å². The third kappa shape index (κ3) is 1.43. The predicted molar refractivity (Wildman–Crippen MR) is 49.8 cm³/mol. The predicted octanol–water partition coefficient (Wildman–Crippen LogP) is 0.460. The van der Waals surface area contributed by atoms with Gasteiger partial charge in [0.2, 0.25) is 0 Å². The van der Waals surface area contributed by atoms with Crippen LogP contribution in [0.5, 0.6) is 5.19 Å². The smallest absolute Gasteiger partial charge is 0.273 e. The van der Waals surface area contributed by atoms with Gasteiger partial charge < -0.3 is 15.6 Å². The zero-order valence-electron chi connectivity index (χ0n) is 7.36. The Balaban J connectivity index is 2.16. The van der Waals surface area contributed by atoms with E-state index < -0.39 is 5.60 Å². The van der Waals surface area contributed by atoms with E-state index in [0.717, 1.165) is 0 Å². The first kappa shape index (κ1) is 8.93. The summed E-state index contributed by atoms with van der Waals surface area (Å²) in [6.45, 7) is 0. The normalized spacial score (nSPS) is 32.7. The lowest BCUT2D eigenvalue weighted by Gasteiger charge is -2.40. The Morgan fingerprint density at radius 3 is 2.92 bits per heavy atom. The van der Waals surface area contributed by atoms with E-state index in [1.807, 2.05) is 5.38 Å². The summed E-state index contributed by atoms with van der Waals surface area (Å²) in [6, 6.07) is 0.109. The lowest BCUT2D eigenvalue weighted by Crippen LogP contribution is -2.49. The number of aromatic nitrogens is 1. The number of ether oxygens (including phenoxy) is 1. The number of hydrogen-bond donors (Lipinski definition) is 2. The second-order valence-corrected chi connectivity index (χ2v) is 4.22. The Morgan fingerprint density at radius 2 is 2.46 bits per heavy atom. The van der Waals surface area contributed by atoms with Crippen LogP contribution in [0, 0.1) is 0 Å². The quantitative estimate of drug-likeness (QED) is 0.727. The van der Waals surface area contributed by atoms with Crippen molar-refractivity contribution in [2.45, 2.75) is 24.5 Å². The molecule has 0 unspecified atom stereocenters. The molecule has 0 atom stereocenters. The van der Waals surface area contributed by atoms with Crippen LogP contribution in [-0.2, 0) is 5.60 Å². The van der Waals surface area contributed by atoms with Crippen molar-refractivity contribution in [1.82, 2.24) is 4.98 Å². The lowest BCUT2D eigenvalue weighted by atomic mass is 9.74. The van der Waals surface area contributed by atoms with Gasteiger partial charge in [-0.1, -0.05) is 11.3 Å². The summed E-state index contributed by atoms with van der Waals surface area (Å²) in [6.07, 6.45) is 1.19. The maximum atomic E-state index is 9.97. The van der Waals surface area contributed by atoms with Crippen molar-refractivity contribution in [3.8, 4) is 5.19 Å². The fourth-order valence-electron chi connectivity index (χ4n) is 1.58. The molecule has 0 aromatic carbocycles. The van der Waals surface area contributed by atoms with Crippen molar-refractivity contribution in [3.05, 3.63) is 11.1 Å². The van der Waals surface area contributed by atoms with Crippen molar-refractivity contribution >= 4 is 11.3 Å². The molecule has 2 rings (SSSR count). The fourth-order valence-corrected chi connectivity index (χ4v) is 2.31. The van der Waals surface area contributed by atoms with E-state index in [-0.39, 0.29) is 6.04 Å². The van der Waals surface area contributed by atoms with E-state index in [1.165, 1.54) is 11.3 Å². The summed E-state index contributed by atoms with van der Waals surface area (Å²) in [5.74, 6) is 0. The Hall–Kier alpha value is -0.650. The van der Waals surface area contributed by atoms with E-state index >= 15 is 0 Å². The minimum absolute atomic E-state index is 0.109. The molecule has 0 aliphatic heterocycles. The molecule has 0 amide bonds. The minimum Gasteiger partial charge on any atom is -0.473 e. The highest BCUT2D eigenvalue weighted by atomic mass is 32.1. The van der Waals surface area contributed by atoms with Gasteiger partial charge in [-0.25, -0.2) is 4.98 Å². The zero-order valence-corrected chi connectivity index (χ0v) is 8.17. The first-order valence-electron chi connectivity index (χ1n) is 4.12. The maximum Gasteiger partial charge on any atom is 0.273 e. The average molecular weight is 200 g/mol. The summed E-state index contributed by atoms with van der Waals surface area (Å²) in [4.78, 5) is 4.15. The van der Waals surface area contributed by atoms with Gasteiger partial charge in [-0.2, -0.15) is 0 Å². The zero-order chi connectivity index (χ0) is 9.47. The highest BCUT2D eigenvalue weighted by Gasteiger charge is 2.44. The van der Waals surface area contributed by atoms with E-state index in [9.17, 15) is 5.11 Å². The van der Waals surface area contributed by atoms with Gasteiger partial charge in [-0.3, -0.25) is 0 Å². The highest BCUT2D eigenvalue weighted by Crippen LogP contribution is 2.41. The van der Waals surface area contributed by atoms with Gasteiger partial charge in [0, 0.05) is 11.4 Å². The van der Waals surface area contributed by atoms with Crippen molar-refractivity contribution < 1.29 is 9.84 Å². The molecule has 13 heavy (non-hydrogen) atoms. The average Bonchev–Trinajstić information content (AvgIpc) is 2.49. The minimum atomic E-state index is -0.799. The molecule has 5 heteroatoms. The standard InChI is InChI=1S/C8H12N2O2S/c1-12-7-10-6(4-13-7)8(11)2-5(9)3-8/h4-5,11H,2-3,9H2,1H3. The number of thiazole rings is 1. The summed E-state index contributed by atoms with van der Waals surface area (Å²) in [5.41, 5.74) is 5.51. The molecule has 72 valence electrons. The molecule has 0 spiro atoms. The first-order chi connectivity index (χ1) is 6.14. The number of hydrogen-bond acceptors (Lipinski definition) is 5. The molecular weight excluding hydrogens is 188 g/mol. The van der Waals surface area contributed by atoms with Crippen LogP contribution in [0.4, 0.5) is 0 Å². The van der Waals surface area contributed by atoms with Crippen LogP contribution in [0.15, 0.2) is 5.38 Å². The number of rotatable bonds is 2. The van der Waals surface area contributed by atoms with Gasteiger partial charge >= 0.3 is 0 Å². The molecule has 1 saturated carbocycles. The van der Waals surface area contributed by atoms with Crippen molar-refractivity contribution in [1.29, 1.82) is 0 Å². The number of methoxy groups -OCH3 is 1. The van der Waals surface area contributed by atoms with Crippen molar-refractivity contribution in [2.75, 3.05) is 7.11 Å². The molecular formula is C8H12N2O2S. The van der Waals surface area contributed by atoms with Crippen LogP contribution < -0.4 is 10.5 Å². The summed E-state index contributed by atoms with van der Waals surface area (Å²) in [5, 5.41) is 12.4. The van der Waals surface area contributed by atoms with Crippen LogP contribution in [0.25, 0.3) is 0 Å². The molecule has 1 aliphatic carbocycles. The fraction of sp³-hybridized carbons (Fsp3) is 0.625. The van der Waals surface area contributed by atoms with Crippen LogP contribution in [0.3, 0.4) is 0 Å². The summed E-state index contributed by atoms with van der Waals surface area (Å²) >= 11 is 1.39. The van der Waals surface area contributed by atoms with Crippen LogP contribution in [0.2, 0.25) is 0 Å². The van der Waals surface area contributed by atoms with Crippen molar-refractivity contribution in [3.63, 3.8) is 0 Å². The largest absolute Gasteiger partial charge is 0.473 e. The Morgan fingerprint density at radius 1 is 1.77 bits per heavy atom. The number of nitrogens with zero attached hydrogens (tertiary/aromatic N) is 1. The Kier molecular flexibility index (Phi) is 2.02. The monoisotopic (exact) mass is 200 g/mol. The van der Waals surface area contributed by atoms with E-state index in [0.29, 0.717) is 23.7 Å². The molecule has 1 heterocycles. The van der Waals surface area contributed by atoms with E-state index in [1.54, 1.807) is 7.11 Å². The van der Waals surface area contributed by atoms with Crippen LogP contribution in [0.1, 0.15) is 18.5 Å². The van der Waals surface area contributed by atoms with Gasteiger partial charge in [-0.05, 0) is 12.8 Å². The van der Waals surface area contributed by atoms with E-state index in [4.69, 9.17) is 10.5 Å². The highest BCUT2D eigenvalue weighted by molar-refractivity contribution is 7.11. The van der Waals surface area contributed by atoms with Gasteiger partial charge in [-0.15, -0.1) is 0 Å². The summed E-state index contributed by atoms with van der Waals surface area (Å²) < 4.78 is 4.95. The third-order valence-electron chi connectivity index (χ3n) is 2.33. The second-order valence-electron chi connectivity index (χ2n) is 3.40. The number of nitrogens with two attached hydrogens (primary N) is 1. The molecule has 1 aromatic heterocycles. The van der Waals surface area contributed by atoms with Crippen LogP contribution in [-0.4, -0.2) is 23.2 Å². The van der Waals surface area contributed by atoms with Gasteiger partial charge in [0.05, 0.1) is 12.8 Å². The molecule has 0 radical (unpaired) electrons. The molecule has 0 saturated heterocycles. The molecule has 1 fully saturated rings. The number of aliphatic hydroxyl groups is 1. The lowest BCUT2D eigenvalue weighted by molar-refractivity contribution is -0.0556. The first-order valence-corrected chi connectivity index (χ1v) is 5.00.